The van der Waals surface area contributed by atoms with E-state index in [1.54, 1.807) is 11.0 Å². The van der Waals surface area contributed by atoms with Gasteiger partial charge in [-0.05, 0) is 45.6 Å². The maximum Gasteiger partial charge on any atom is 0.241 e. The molecule has 4 rings (SSSR count). The minimum absolute atomic E-state index is 0.0128. The average Bonchev–Trinajstić information content (AvgIpc) is 3.22. The van der Waals surface area contributed by atoms with Crippen molar-refractivity contribution in [2.75, 3.05) is 50.7 Å². The predicted molar refractivity (Wildman–Crippen MR) is 134 cm³/mol. The van der Waals surface area contributed by atoms with E-state index in [1.165, 1.54) is 5.56 Å². The minimum Gasteiger partial charge on any atom is -0.312 e. The summed E-state index contributed by atoms with van der Waals surface area (Å²) in [5.41, 5.74) is 3.02. The van der Waals surface area contributed by atoms with E-state index in [0.717, 1.165) is 44.7 Å². The Morgan fingerprint density at radius 2 is 1.73 bits per heavy atom. The molecule has 0 aromatic heterocycles. The van der Waals surface area contributed by atoms with Crippen LogP contribution in [-0.2, 0) is 27.8 Å². The van der Waals surface area contributed by atoms with Crippen LogP contribution in [0.15, 0.2) is 51.8 Å². The van der Waals surface area contributed by atoms with Gasteiger partial charge in [-0.1, -0.05) is 37.3 Å². The van der Waals surface area contributed by atoms with Gasteiger partial charge >= 0.3 is 0 Å². The monoisotopic (exact) mass is 534 g/mol. The molecule has 7 nitrogen and oxygen atoms in total. The zero-order valence-corrected chi connectivity index (χ0v) is 21.4. The molecule has 0 aliphatic carbocycles. The van der Waals surface area contributed by atoms with Gasteiger partial charge in [-0.25, -0.2) is 13.1 Å². The highest BCUT2D eigenvalue weighted by atomic mass is 79.9. The number of carbonyl (C=O) groups is 1. The third-order valence-electron chi connectivity index (χ3n) is 6.36. The summed E-state index contributed by atoms with van der Waals surface area (Å²) < 4.78 is 29.3. The van der Waals surface area contributed by atoms with Crippen molar-refractivity contribution in [3.8, 4) is 0 Å². The van der Waals surface area contributed by atoms with Crippen LogP contribution in [0.3, 0.4) is 0 Å². The Labute approximate surface area is 204 Å². The maximum absolute atomic E-state index is 13.0. The van der Waals surface area contributed by atoms with Gasteiger partial charge in [0.05, 0.1) is 4.90 Å². The molecule has 2 aromatic carbocycles. The van der Waals surface area contributed by atoms with Gasteiger partial charge in [0.15, 0.2) is 0 Å². The van der Waals surface area contributed by atoms with Gasteiger partial charge < -0.3 is 4.90 Å². The van der Waals surface area contributed by atoms with E-state index in [2.05, 4.69) is 54.7 Å². The second kappa shape index (κ2) is 10.7. The number of hydrogen-bond donors (Lipinski definition) is 1. The number of nitrogens with one attached hydrogen (secondary N) is 1. The number of halogens is 1. The van der Waals surface area contributed by atoms with Crippen molar-refractivity contribution in [2.45, 2.75) is 31.2 Å². The number of piperazine rings is 1. The van der Waals surface area contributed by atoms with E-state index in [9.17, 15) is 13.2 Å². The summed E-state index contributed by atoms with van der Waals surface area (Å²) >= 11 is 3.42. The fourth-order valence-corrected chi connectivity index (χ4v) is 6.60. The molecule has 0 radical (unpaired) electrons. The molecule has 1 fully saturated rings. The second-order valence-electron chi connectivity index (χ2n) is 8.56. The van der Waals surface area contributed by atoms with Crippen molar-refractivity contribution in [3.05, 3.63) is 58.1 Å². The van der Waals surface area contributed by atoms with Crippen molar-refractivity contribution in [2.24, 2.45) is 0 Å². The molecule has 2 aliphatic heterocycles. The van der Waals surface area contributed by atoms with Crippen molar-refractivity contribution in [3.63, 3.8) is 0 Å². The lowest BCUT2D eigenvalue weighted by atomic mass is 10.2. The Balaban J connectivity index is 1.31. The molecule has 0 unspecified atom stereocenters. The van der Waals surface area contributed by atoms with E-state index >= 15 is 0 Å². The first-order valence-corrected chi connectivity index (χ1v) is 13.8. The Morgan fingerprint density at radius 1 is 1.03 bits per heavy atom. The summed E-state index contributed by atoms with van der Waals surface area (Å²) in [6.45, 7) is 8.17. The van der Waals surface area contributed by atoms with E-state index in [0.29, 0.717) is 36.2 Å². The number of carbonyl (C=O) groups excluding carboxylic acids is 1. The van der Waals surface area contributed by atoms with Gasteiger partial charge in [0.2, 0.25) is 15.9 Å². The highest BCUT2D eigenvalue weighted by Crippen LogP contribution is 2.35. The molecule has 0 atom stereocenters. The summed E-state index contributed by atoms with van der Waals surface area (Å²) in [5, 5.41) is 0. The SMILES string of the molecule is CCC(=O)N1CCc2cc(Br)c(S(=O)(=O)NCCN3CCN(Cc4ccccc4)CC3)cc21. The number of sulfonamides is 1. The number of hydrogen-bond acceptors (Lipinski definition) is 5. The van der Waals surface area contributed by atoms with E-state index in [-0.39, 0.29) is 10.8 Å². The second-order valence-corrected chi connectivity index (χ2v) is 11.2. The van der Waals surface area contributed by atoms with Crippen LogP contribution in [0.4, 0.5) is 5.69 Å². The lowest BCUT2D eigenvalue weighted by Gasteiger charge is -2.34. The van der Waals surface area contributed by atoms with Crippen LogP contribution >= 0.6 is 15.9 Å². The molecule has 9 heteroatoms. The van der Waals surface area contributed by atoms with Crippen LogP contribution in [0.5, 0.6) is 0 Å². The number of amides is 1. The smallest absolute Gasteiger partial charge is 0.241 e. The molecule has 2 heterocycles. The lowest BCUT2D eigenvalue weighted by Crippen LogP contribution is -2.48. The number of fused-ring (bicyclic) bond motifs is 1. The normalized spacial score (nSPS) is 17.3. The molecule has 1 N–H and O–H groups in total. The molecule has 1 amide bonds. The van der Waals surface area contributed by atoms with Crippen LogP contribution in [0, 0.1) is 0 Å². The fraction of sp³-hybridized carbons (Fsp3) is 0.458. The Hall–Kier alpha value is -1.78. The van der Waals surface area contributed by atoms with E-state index in [1.807, 2.05) is 19.1 Å². The van der Waals surface area contributed by atoms with Crippen LogP contribution in [0.2, 0.25) is 0 Å². The van der Waals surface area contributed by atoms with Crippen LogP contribution in [-0.4, -0.2) is 69.9 Å². The molecule has 2 aromatic rings. The summed E-state index contributed by atoms with van der Waals surface area (Å²) in [6, 6.07) is 13.9. The Kier molecular flexibility index (Phi) is 7.86. The molecule has 178 valence electrons. The number of benzene rings is 2. The zero-order chi connectivity index (χ0) is 23.4. The van der Waals surface area contributed by atoms with Gasteiger partial charge in [0.25, 0.3) is 0 Å². The molecular weight excluding hydrogens is 504 g/mol. The third-order valence-corrected chi connectivity index (χ3v) is 8.78. The summed E-state index contributed by atoms with van der Waals surface area (Å²) in [4.78, 5) is 18.8. The van der Waals surface area contributed by atoms with E-state index in [4.69, 9.17) is 0 Å². The molecule has 0 spiro atoms. The van der Waals surface area contributed by atoms with Crippen LogP contribution in [0.25, 0.3) is 0 Å². The molecular formula is C24H31BrN4O3S. The summed E-state index contributed by atoms with van der Waals surface area (Å²) in [5.74, 6) is 0.0128. The first kappa shape index (κ1) is 24.3. The number of rotatable bonds is 8. The number of nitrogens with zero attached hydrogens (tertiary/aromatic N) is 3. The summed E-state index contributed by atoms with van der Waals surface area (Å²) in [6.07, 6.45) is 1.14. The first-order chi connectivity index (χ1) is 15.9. The lowest BCUT2D eigenvalue weighted by molar-refractivity contribution is -0.118. The van der Waals surface area contributed by atoms with Crippen molar-refractivity contribution in [1.82, 2.24) is 14.5 Å². The Morgan fingerprint density at radius 3 is 2.42 bits per heavy atom. The highest BCUT2D eigenvalue weighted by molar-refractivity contribution is 9.10. The van der Waals surface area contributed by atoms with Crippen LogP contribution < -0.4 is 9.62 Å². The van der Waals surface area contributed by atoms with Gasteiger partial charge in [0, 0.05) is 68.9 Å². The predicted octanol–water partition coefficient (Wildman–Crippen LogP) is 2.84. The standard InChI is InChI=1S/C24H31BrN4O3S/c1-2-24(30)29-10-8-20-16-21(25)23(17-22(20)29)33(31,32)26-9-11-27-12-14-28(15-13-27)18-19-6-4-3-5-7-19/h3-7,16-17,26H,2,8-15,18H2,1H3. The molecule has 0 saturated carbocycles. The molecule has 0 bridgehead atoms. The highest BCUT2D eigenvalue weighted by Gasteiger charge is 2.28. The third kappa shape index (κ3) is 5.84. The van der Waals surface area contributed by atoms with Gasteiger partial charge in [-0.2, -0.15) is 0 Å². The van der Waals surface area contributed by atoms with Crippen molar-refractivity contribution < 1.29 is 13.2 Å². The molecule has 2 aliphatic rings. The van der Waals surface area contributed by atoms with Gasteiger partial charge in [-0.3, -0.25) is 14.6 Å². The van der Waals surface area contributed by atoms with E-state index < -0.39 is 10.0 Å². The fourth-order valence-electron chi connectivity index (χ4n) is 4.47. The average molecular weight is 536 g/mol. The minimum atomic E-state index is -3.69. The van der Waals surface area contributed by atoms with Crippen molar-refractivity contribution in [1.29, 1.82) is 0 Å². The molecule has 33 heavy (non-hydrogen) atoms. The van der Waals surface area contributed by atoms with Crippen molar-refractivity contribution >= 4 is 37.5 Å². The van der Waals surface area contributed by atoms with Crippen LogP contribution in [0.1, 0.15) is 24.5 Å². The van der Waals surface area contributed by atoms with Gasteiger partial charge in [-0.15, -0.1) is 0 Å². The first-order valence-electron chi connectivity index (χ1n) is 11.5. The zero-order valence-electron chi connectivity index (χ0n) is 19.0. The molecule has 1 saturated heterocycles. The van der Waals surface area contributed by atoms with Gasteiger partial charge in [0.1, 0.15) is 0 Å². The largest absolute Gasteiger partial charge is 0.312 e. The quantitative estimate of drug-likeness (QED) is 0.563. The number of anilines is 1. The maximum atomic E-state index is 13.0. The topological polar surface area (TPSA) is 73.0 Å². The summed E-state index contributed by atoms with van der Waals surface area (Å²) in [7, 11) is -3.69. The Bertz CT molecular complexity index is 1090.